The Kier molecular flexibility index (Phi) is 3.48. The number of hydrogen-bond acceptors (Lipinski definition) is 3. The Morgan fingerprint density at radius 3 is 2.70 bits per heavy atom. The summed E-state index contributed by atoms with van der Waals surface area (Å²) >= 11 is 1.64. The molecule has 0 aliphatic rings. The summed E-state index contributed by atoms with van der Waals surface area (Å²) in [6.45, 7) is 1.84. The number of thiazole rings is 1. The SMILES string of the molecule is CCC(=O)Nc1ccccc1-c1nc2ccccc2s1. The van der Waals surface area contributed by atoms with Gasteiger partial charge in [0, 0.05) is 12.0 Å². The molecule has 0 fully saturated rings. The zero-order valence-electron chi connectivity index (χ0n) is 11.1. The molecule has 0 aliphatic carbocycles. The number of aromatic nitrogens is 1. The molecule has 1 amide bonds. The molecule has 4 heteroatoms. The van der Waals surface area contributed by atoms with Gasteiger partial charge in [-0.15, -0.1) is 11.3 Å². The van der Waals surface area contributed by atoms with Gasteiger partial charge in [-0.2, -0.15) is 0 Å². The van der Waals surface area contributed by atoms with Crippen molar-refractivity contribution in [1.29, 1.82) is 0 Å². The maximum atomic E-state index is 11.6. The van der Waals surface area contributed by atoms with Gasteiger partial charge in [-0.25, -0.2) is 4.98 Å². The zero-order valence-corrected chi connectivity index (χ0v) is 11.9. The lowest BCUT2D eigenvalue weighted by atomic mass is 10.2. The third-order valence-electron chi connectivity index (χ3n) is 3.05. The lowest BCUT2D eigenvalue weighted by molar-refractivity contribution is -0.115. The van der Waals surface area contributed by atoms with Crippen molar-refractivity contribution in [2.45, 2.75) is 13.3 Å². The quantitative estimate of drug-likeness (QED) is 0.777. The lowest BCUT2D eigenvalue weighted by Gasteiger charge is -2.07. The molecule has 100 valence electrons. The second-order valence-electron chi connectivity index (χ2n) is 4.43. The molecule has 2 aromatic carbocycles. The summed E-state index contributed by atoms with van der Waals surface area (Å²) in [5, 5.41) is 3.86. The van der Waals surface area contributed by atoms with Crippen molar-refractivity contribution >= 4 is 33.1 Å². The van der Waals surface area contributed by atoms with Crippen LogP contribution in [-0.2, 0) is 4.79 Å². The largest absolute Gasteiger partial charge is 0.325 e. The molecule has 1 aromatic heterocycles. The summed E-state index contributed by atoms with van der Waals surface area (Å²) in [6, 6.07) is 15.8. The molecule has 0 atom stereocenters. The molecule has 3 rings (SSSR count). The number of fused-ring (bicyclic) bond motifs is 1. The average molecular weight is 282 g/mol. The van der Waals surface area contributed by atoms with Gasteiger partial charge in [0.05, 0.1) is 15.9 Å². The van der Waals surface area contributed by atoms with Crippen molar-refractivity contribution < 1.29 is 4.79 Å². The molecule has 0 radical (unpaired) electrons. The Labute approximate surface area is 121 Å². The van der Waals surface area contributed by atoms with Crippen molar-refractivity contribution in [1.82, 2.24) is 4.98 Å². The van der Waals surface area contributed by atoms with Gasteiger partial charge in [0.15, 0.2) is 0 Å². The van der Waals surface area contributed by atoms with Crippen LogP contribution in [0.3, 0.4) is 0 Å². The van der Waals surface area contributed by atoms with Crippen LogP contribution >= 0.6 is 11.3 Å². The molecule has 0 spiro atoms. The fraction of sp³-hybridized carbons (Fsp3) is 0.125. The molecular formula is C16H14N2OS. The average Bonchev–Trinajstić information content (AvgIpc) is 2.91. The van der Waals surface area contributed by atoms with Crippen molar-refractivity contribution in [2.24, 2.45) is 0 Å². The van der Waals surface area contributed by atoms with Crippen molar-refractivity contribution in [3.63, 3.8) is 0 Å². The first kappa shape index (κ1) is 12.8. The van der Waals surface area contributed by atoms with E-state index in [4.69, 9.17) is 0 Å². The number of rotatable bonds is 3. The Morgan fingerprint density at radius 2 is 1.90 bits per heavy atom. The third kappa shape index (κ3) is 2.42. The van der Waals surface area contributed by atoms with Gasteiger partial charge < -0.3 is 5.32 Å². The Hall–Kier alpha value is -2.20. The van der Waals surface area contributed by atoms with Crippen molar-refractivity contribution in [3.8, 4) is 10.6 Å². The molecule has 0 saturated carbocycles. The highest BCUT2D eigenvalue weighted by molar-refractivity contribution is 7.21. The van der Waals surface area contributed by atoms with E-state index in [0.717, 1.165) is 26.5 Å². The number of nitrogens with one attached hydrogen (secondary N) is 1. The lowest BCUT2D eigenvalue weighted by Crippen LogP contribution is -2.10. The first-order valence-corrected chi connectivity index (χ1v) is 7.34. The van der Waals surface area contributed by atoms with Crippen LogP contribution < -0.4 is 5.32 Å². The summed E-state index contributed by atoms with van der Waals surface area (Å²) in [4.78, 5) is 16.3. The van der Waals surface area contributed by atoms with Crippen molar-refractivity contribution in [2.75, 3.05) is 5.32 Å². The second kappa shape index (κ2) is 5.43. The van der Waals surface area contributed by atoms with Crippen LogP contribution in [0, 0.1) is 0 Å². The van der Waals surface area contributed by atoms with Gasteiger partial charge in [0.2, 0.25) is 5.91 Å². The van der Waals surface area contributed by atoms with E-state index in [1.54, 1.807) is 11.3 Å². The summed E-state index contributed by atoms with van der Waals surface area (Å²) < 4.78 is 1.15. The smallest absolute Gasteiger partial charge is 0.224 e. The molecule has 3 nitrogen and oxygen atoms in total. The molecule has 1 heterocycles. The van der Waals surface area contributed by atoms with Crippen LogP contribution in [0.25, 0.3) is 20.8 Å². The first-order valence-electron chi connectivity index (χ1n) is 6.52. The fourth-order valence-electron chi connectivity index (χ4n) is 2.00. The van der Waals surface area contributed by atoms with Gasteiger partial charge in [-0.3, -0.25) is 4.79 Å². The topological polar surface area (TPSA) is 42.0 Å². The molecule has 20 heavy (non-hydrogen) atoms. The number of benzene rings is 2. The van der Waals surface area contributed by atoms with Gasteiger partial charge in [-0.05, 0) is 24.3 Å². The predicted molar refractivity (Wildman–Crippen MR) is 84.0 cm³/mol. The predicted octanol–water partition coefficient (Wildman–Crippen LogP) is 4.31. The fourth-order valence-corrected chi connectivity index (χ4v) is 3.01. The van der Waals surface area contributed by atoms with E-state index in [0.29, 0.717) is 6.42 Å². The number of para-hydroxylation sites is 2. The highest BCUT2D eigenvalue weighted by atomic mass is 32.1. The van der Waals surface area contributed by atoms with E-state index < -0.39 is 0 Å². The minimum Gasteiger partial charge on any atom is -0.325 e. The Bertz CT molecular complexity index is 731. The molecule has 0 aliphatic heterocycles. The Balaban J connectivity index is 2.07. The van der Waals surface area contributed by atoms with Crippen LogP contribution in [0.1, 0.15) is 13.3 Å². The van der Waals surface area contributed by atoms with Gasteiger partial charge >= 0.3 is 0 Å². The number of amides is 1. The zero-order chi connectivity index (χ0) is 13.9. The highest BCUT2D eigenvalue weighted by Gasteiger charge is 2.11. The molecule has 1 N–H and O–H groups in total. The number of carbonyl (C=O) groups excluding carboxylic acids is 1. The molecule has 0 unspecified atom stereocenters. The van der Waals surface area contributed by atoms with Gasteiger partial charge in [0.25, 0.3) is 0 Å². The van der Waals surface area contributed by atoms with E-state index in [-0.39, 0.29) is 5.91 Å². The van der Waals surface area contributed by atoms with E-state index >= 15 is 0 Å². The van der Waals surface area contributed by atoms with E-state index in [2.05, 4.69) is 16.4 Å². The van der Waals surface area contributed by atoms with E-state index in [1.165, 1.54) is 0 Å². The minimum absolute atomic E-state index is 0.0126. The monoisotopic (exact) mass is 282 g/mol. The first-order chi connectivity index (χ1) is 9.78. The van der Waals surface area contributed by atoms with Crippen molar-refractivity contribution in [3.05, 3.63) is 48.5 Å². The highest BCUT2D eigenvalue weighted by Crippen LogP contribution is 2.34. The summed E-state index contributed by atoms with van der Waals surface area (Å²) in [5.74, 6) is 0.0126. The van der Waals surface area contributed by atoms with Crippen LogP contribution in [0.15, 0.2) is 48.5 Å². The van der Waals surface area contributed by atoms with Crippen LogP contribution in [0.4, 0.5) is 5.69 Å². The minimum atomic E-state index is 0.0126. The normalized spacial score (nSPS) is 10.7. The summed E-state index contributed by atoms with van der Waals surface area (Å²) in [5.41, 5.74) is 2.78. The molecule has 0 saturated heterocycles. The van der Waals surface area contributed by atoms with Gasteiger partial charge in [0.1, 0.15) is 5.01 Å². The molecule has 0 bridgehead atoms. The standard InChI is InChI=1S/C16H14N2OS/c1-2-15(19)17-12-8-4-3-7-11(12)16-18-13-9-5-6-10-14(13)20-16/h3-10H,2H2,1H3,(H,17,19). The summed E-state index contributed by atoms with van der Waals surface area (Å²) in [7, 11) is 0. The van der Waals surface area contributed by atoms with Crippen LogP contribution in [0.5, 0.6) is 0 Å². The number of nitrogens with zero attached hydrogens (tertiary/aromatic N) is 1. The number of hydrogen-bond donors (Lipinski definition) is 1. The Morgan fingerprint density at radius 1 is 1.15 bits per heavy atom. The van der Waals surface area contributed by atoms with E-state index in [1.807, 2.05) is 49.4 Å². The maximum absolute atomic E-state index is 11.6. The van der Waals surface area contributed by atoms with E-state index in [9.17, 15) is 4.79 Å². The maximum Gasteiger partial charge on any atom is 0.224 e. The van der Waals surface area contributed by atoms with Crippen LogP contribution in [0.2, 0.25) is 0 Å². The number of carbonyl (C=O) groups is 1. The second-order valence-corrected chi connectivity index (χ2v) is 5.46. The van der Waals surface area contributed by atoms with Crippen LogP contribution in [-0.4, -0.2) is 10.9 Å². The number of anilines is 1. The molecule has 3 aromatic rings. The summed E-state index contributed by atoms with van der Waals surface area (Å²) in [6.07, 6.45) is 0.466. The van der Waals surface area contributed by atoms with Gasteiger partial charge in [-0.1, -0.05) is 31.2 Å². The third-order valence-corrected chi connectivity index (χ3v) is 4.12. The molecular weight excluding hydrogens is 268 g/mol.